The number of rotatable bonds is 7. The summed E-state index contributed by atoms with van der Waals surface area (Å²) in [6, 6.07) is 8.38. The molecule has 0 aliphatic carbocycles. The smallest absolute Gasteiger partial charge is 0.414 e. The lowest BCUT2D eigenvalue weighted by Gasteiger charge is -2.12. The van der Waals surface area contributed by atoms with Crippen molar-refractivity contribution in [2.24, 2.45) is 0 Å². The molecule has 0 fully saturated rings. The number of carbonyl (C=O) groups excluding carboxylic acids is 2. The number of amides is 1. The van der Waals surface area contributed by atoms with Crippen LogP contribution < -0.4 is 14.2 Å². The van der Waals surface area contributed by atoms with E-state index in [9.17, 15) is 14.7 Å². The van der Waals surface area contributed by atoms with Gasteiger partial charge in [-0.05, 0) is 51.3 Å². The molecule has 2 aromatic carbocycles. The number of hydrogen-bond acceptors (Lipinski definition) is 7. The molecule has 184 valence electrons. The monoisotopic (exact) mass is 479 g/mol. The van der Waals surface area contributed by atoms with Crippen LogP contribution in [-0.2, 0) is 6.54 Å². The summed E-state index contributed by atoms with van der Waals surface area (Å²) < 4.78 is 18.7. The molecule has 0 atom stereocenters. The Morgan fingerprint density at radius 3 is 2.63 bits per heavy atom. The van der Waals surface area contributed by atoms with Crippen LogP contribution in [0.5, 0.6) is 23.0 Å². The first-order valence-electron chi connectivity index (χ1n) is 11.2. The molecule has 0 unspecified atom stereocenters. The Morgan fingerprint density at radius 1 is 1.17 bits per heavy atom. The number of aryl methyl sites for hydroxylation is 1. The lowest BCUT2D eigenvalue weighted by molar-refractivity contribution is 0.101. The number of methoxy groups -OCH3 is 1. The minimum atomic E-state index is -0.670. The lowest BCUT2D eigenvalue weighted by atomic mass is 10.1. The molecule has 3 aromatic rings. The Kier molecular flexibility index (Phi) is 6.70. The number of nitrogens with zero attached hydrogens (tertiary/aromatic N) is 3. The largest absolute Gasteiger partial charge is 0.508 e. The number of carbonyl (C=O) groups is 2. The highest BCUT2D eigenvalue weighted by molar-refractivity contribution is 6.17. The average Bonchev–Trinajstić information content (AvgIpc) is 3.30. The summed E-state index contributed by atoms with van der Waals surface area (Å²) in [7, 11) is 8.74. The number of benzene rings is 2. The second-order valence-electron chi connectivity index (χ2n) is 8.84. The van der Waals surface area contributed by atoms with Gasteiger partial charge in [0.1, 0.15) is 22.8 Å². The number of ether oxygens (including phenoxy) is 3. The number of phenols is 1. The zero-order valence-corrected chi connectivity index (χ0v) is 20.5. The molecule has 1 aliphatic rings. The molecule has 1 aliphatic heterocycles. The number of fused-ring (bicyclic) bond motifs is 2. The van der Waals surface area contributed by atoms with Gasteiger partial charge in [0.2, 0.25) is 5.78 Å². The van der Waals surface area contributed by atoms with Crippen molar-refractivity contribution >= 4 is 28.9 Å². The molecule has 1 N–H and O–H groups in total. The van der Waals surface area contributed by atoms with Gasteiger partial charge in [-0.1, -0.05) is 0 Å². The Balaban J connectivity index is 1.73. The number of aromatic nitrogens is 1. The van der Waals surface area contributed by atoms with Crippen LogP contribution >= 0.6 is 0 Å². The summed E-state index contributed by atoms with van der Waals surface area (Å²) in [5.41, 5.74) is 1.89. The van der Waals surface area contributed by atoms with E-state index in [4.69, 9.17) is 14.2 Å². The summed E-state index contributed by atoms with van der Waals surface area (Å²) >= 11 is 0. The molecular weight excluding hydrogens is 450 g/mol. The maximum atomic E-state index is 13.3. The van der Waals surface area contributed by atoms with Gasteiger partial charge in [0.25, 0.3) is 0 Å². The number of Topliss-reactive ketones (excluding diaryl/α,β-unsaturated/α-hetero) is 1. The van der Waals surface area contributed by atoms with Crippen LogP contribution in [-0.4, -0.2) is 73.2 Å². The summed E-state index contributed by atoms with van der Waals surface area (Å²) in [4.78, 5) is 28.7. The van der Waals surface area contributed by atoms with E-state index in [0.717, 1.165) is 36.0 Å². The fourth-order valence-corrected chi connectivity index (χ4v) is 3.96. The zero-order chi connectivity index (χ0) is 25.3. The fourth-order valence-electron chi connectivity index (χ4n) is 3.96. The third-order valence-corrected chi connectivity index (χ3v) is 5.69. The Labute approximate surface area is 203 Å². The first-order valence-corrected chi connectivity index (χ1v) is 11.2. The van der Waals surface area contributed by atoms with E-state index in [1.165, 1.54) is 31.1 Å². The van der Waals surface area contributed by atoms with E-state index in [1.807, 2.05) is 38.5 Å². The molecule has 0 bridgehead atoms. The quantitative estimate of drug-likeness (QED) is 0.512. The van der Waals surface area contributed by atoms with Crippen LogP contribution in [0.4, 0.5) is 4.79 Å². The molecular formula is C26H29N3O6. The van der Waals surface area contributed by atoms with Crippen LogP contribution in [0.1, 0.15) is 22.3 Å². The van der Waals surface area contributed by atoms with Crippen molar-refractivity contribution in [3.05, 3.63) is 53.4 Å². The van der Waals surface area contributed by atoms with Gasteiger partial charge in [-0.15, -0.1) is 0 Å². The van der Waals surface area contributed by atoms with Crippen molar-refractivity contribution in [1.82, 2.24) is 14.4 Å². The van der Waals surface area contributed by atoms with E-state index >= 15 is 0 Å². The summed E-state index contributed by atoms with van der Waals surface area (Å²) in [6.45, 7) is 1.75. The topological polar surface area (TPSA) is 93.5 Å². The van der Waals surface area contributed by atoms with Gasteiger partial charge in [0.15, 0.2) is 11.5 Å². The molecule has 0 saturated heterocycles. The molecule has 4 rings (SSSR count). The predicted molar refractivity (Wildman–Crippen MR) is 132 cm³/mol. The number of allylic oxidation sites excluding steroid dienone is 1. The van der Waals surface area contributed by atoms with Crippen molar-refractivity contribution in [2.45, 2.75) is 13.0 Å². The maximum Gasteiger partial charge on any atom is 0.414 e. The second kappa shape index (κ2) is 9.71. The Morgan fingerprint density at radius 2 is 1.94 bits per heavy atom. The van der Waals surface area contributed by atoms with E-state index in [-0.39, 0.29) is 28.6 Å². The minimum Gasteiger partial charge on any atom is -0.508 e. The first kappa shape index (κ1) is 24.2. The van der Waals surface area contributed by atoms with Gasteiger partial charge in [0, 0.05) is 55.4 Å². The van der Waals surface area contributed by atoms with Crippen LogP contribution in [0.3, 0.4) is 0 Å². The zero-order valence-electron chi connectivity index (χ0n) is 20.5. The molecule has 2 heterocycles. The molecule has 9 nitrogen and oxygen atoms in total. The van der Waals surface area contributed by atoms with Crippen molar-refractivity contribution in [1.29, 1.82) is 0 Å². The van der Waals surface area contributed by atoms with Gasteiger partial charge in [-0.3, -0.25) is 4.79 Å². The third kappa shape index (κ3) is 4.95. The van der Waals surface area contributed by atoms with Crippen molar-refractivity contribution < 1.29 is 28.9 Å². The van der Waals surface area contributed by atoms with E-state index in [1.54, 1.807) is 13.2 Å². The van der Waals surface area contributed by atoms with Gasteiger partial charge in [-0.25, -0.2) is 4.79 Å². The average molecular weight is 480 g/mol. The molecule has 0 radical (unpaired) electrons. The van der Waals surface area contributed by atoms with Gasteiger partial charge in [-0.2, -0.15) is 0 Å². The first-order chi connectivity index (χ1) is 16.7. The fraction of sp³-hybridized carbons (Fsp3) is 0.308. The normalized spacial score (nSPS) is 13.9. The van der Waals surface area contributed by atoms with Crippen molar-refractivity contribution in [3.8, 4) is 23.0 Å². The van der Waals surface area contributed by atoms with Crippen LogP contribution in [0.25, 0.3) is 17.0 Å². The van der Waals surface area contributed by atoms with Gasteiger partial charge < -0.3 is 33.7 Å². The molecule has 0 spiro atoms. The summed E-state index contributed by atoms with van der Waals surface area (Å²) in [5, 5.41) is 11.0. The molecule has 35 heavy (non-hydrogen) atoms. The highest BCUT2D eigenvalue weighted by Gasteiger charge is 2.33. The number of aromatic hydroxyl groups is 1. The standard InChI is InChI=1S/C26H29N3O6/c1-27(2)9-6-10-29-15-16(19-14-18(33-5)7-8-20(19)29)11-23-25(31)24-21(34-23)12-17(30)13-22(24)35-26(32)28(3)4/h7-8,11-15,30H,6,9-10H2,1-5H3. The van der Waals surface area contributed by atoms with E-state index in [0.29, 0.717) is 5.75 Å². The van der Waals surface area contributed by atoms with E-state index in [2.05, 4.69) is 9.47 Å². The highest BCUT2D eigenvalue weighted by atomic mass is 16.6. The minimum absolute atomic E-state index is 0.0557. The Hall–Kier alpha value is -3.98. The van der Waals surface area contributed by atoms with Crippen LogP contribution in [0.2, 0.25) is 0 Å². The van der Waals surface area contributed by atoms with E-state index < -0.39 is 11.9 Å². The Bertz CT molecular complexity index is 1320. The SMILES string of the molecule is COc1ccc2c(c1)c(C=C1Oc3cc(O)cc(OC(=O)N(C)C)c3C1=O)cn2CCCN(C)C. The van der Waals surface area contributed by atoms with Crippen LogP contribution in [0.15, 0.2) is 42.3 Å². The highest BCUT2D eigenvalue weighted by Crippen LogP contribution is 2.42. The van der Waals surface area contributed by atoms with Gasteiger partial charge >= 0.3 is 6.09 Å². The third-order valence-electron chi connectivity index (χ3n) is 5.69. The molecule has 1 aromatic heterocycles. The summed E-state index contributed by atoms with van der Waals surface area (Å²) in [5.74, 6) is 0.241. The van der Waals surface area contributed by atoms with Crippen LogP contribution in [0, 0.1) is 0 Å². The number of hydrogen-bond donors (Lipinski definition) is 1. The lowest BCUT2D eigenvalue weighted by Crippen LogP contribution is -2.25. The van der Waals surface area contributed by atoms with Crippen molar-refractivity contribution in [2.75, 3.05) is 41.8 Å². The second-order valence-corrected chi connectivity index (χ2v) is 8.84. The number of ketones is 1. The molecule has 1 amide bonds. The summed E-state index contributed by atoms with van der Waals surface area (Å²) in [6.07, 6.45) is 3.94. The maximum absolute atomic E-state index is 13.3. The molecule has 9 heteroatoms. The number of phenolic OH excluding ortho intramolecular Hbond substituents is 1. The molecule has 0 saturated carbocycles. The van der Waals surface area contributed by atoms with Crippen molar-refractivity contribution in [3.63, 3.8) is 0 Å². The van der Waals surface area contributed by atoms with Gasteiger partial charge in [0.05, 0.1) is 7.11 Å². The predicted octanol–water partition coefficient (Wildman–Crippen LogP) is 3.98.